The first-order chi connectivity index (χ1) is 11.4. The number of hydrogen-bond acceptors (Lipinski definition) is 4. The van der Waals surface area contributed by atoms with Gasteiger partial charge in [0.05, 0.1) is 17.5 Å². The predicted octanol–water partition coefficient (Wildman–Crippen LogP) is 2.39. The first-order valence-corrected chi connectivity index (χ1v) is 10.9. The quantitative estimate of drug-likeness (QED) is 0.818. The van der Waals surface area contributed by atoms with Gasteiger partial charge in [0.2, 0.25) is 5.91 Å². The summed E-state index contributed by atoms with van der Waals surface area (Å²) >= 11 is 1.44. The van der Waals surface area contributed by atoms with Crippen molar-refractivity contribution >= 4 is 32.7 Å². The molecule has 0 aromatic heterocycles. The third-order valence-electron chi connectivity index (χ3n) is 4.33. The van der Waals surface area contributed by atoms with E-state index in [9.17, 15) is 13.2 Å². The molecule has 3 rings (SSSR count). The van der Waals surface area contributed by atoms with Crippen LogP contribution >= 0.6 is 11.8 Å². The first-order valence-electron chi connectivity index (χ1n) is 8.19. The maximum absolute atomic E-state index is 12.0. The van der Waals surface area contributed by atoms with Gasteiger partial charge in [-0.25, -0.2) is 8.42 Å². The molecule has 0 aliphatic carbocycles. The van der Waals surface area contributed by atoms with E-state index in [1.807, 2.05) is 43.0 Å². The van der Waals surface area contributed by atoms with Crippen LogP contribution in [0.25, 0.3) is 0 Å². The number of amidine groups is 1. The number of benzene rings is 1. The number of sulfone groups is 1. The van der Waals surface area contributed by atoms with Gasteiger partial charge in [-0.2, -0.15) is 4.99 Å². The van der Waals surface area contributed by atoms with Crippen molar-refractivity contribution in [3.63, 3.8) is 0 Å². The first kappa shape index (κ1) is 17.5. The lowest BCUT2D eigenvalue weighted by Gasteiger charge is -2.24. The van der Waals surface area contributed by atoms with Crippen molar-refractivity contribution in [1.29, 1.82) is 0 Å². The zero-order valence-electron chi connectivity index (χ0n) is 13.9. The molecule has 2 aliphatic rings. The second-order valence-electron chi connectivity index (χ2n) is 6.45. The van der Waals surface area contributed by atoms with Gasteiger partial charge in [-0.15, -0.1) is 0 Å². The highest BCUT2D eigenvalue weighted by molar-refractivity contribution is 8.15. The molecule has 1 amide bonds. The number of amides is 1. The Labute approximate surface area is 147 Å². The molecule has 0 N–H and O–H groups in total. The SMILES string of the molecule is CCCC(=O)N=C1S[C@@H]2CS(=O)(=O)C[C@@H]2N1Cc1ccc(C)cc1. The molecule has 5 nitrogen and oxygen atoms in total. The number of aryl methyl sites for hydroxylation is 1. The fourth-order valence-corrected chi connectivity index (χ4v) is 7.06. The van der Waals surface area contributed by atoms with Gasteiger partial charge in [-0.3, -0.25) is 4.79 Å². The maximum atomic E-state index is 12.0. The van der Waals surface area contributed by atoms with Gasteiger partial charge < -0.3 is 4.90 Å². The largest absolute Gasteiger partial charge is 0.342 e. The van der Waals surface area contributed by atoms with E-state index in [1.165, 1.54) is 17.3 Å². The van der Waals surface area contributed by atoms with Crippen LogP contribution in [0.1, 0.15) is 30.9 Å². The van der Waals surface area contributed by atoms with Crippen molar-refractivity contribution in [2.24, 2.45) is 4.99 Å². The lowest BCUT2D eigenvalue weighted by molar-refractivity contribution is -0.117. The molecule has 2 saturated heterocycles. The predicted molar refractivity (Wildman–Crippen MR) is 97.9 cm³/mol. The van der Waals surface area contributed by atoms with Crippen molar-refractivity contribution in [3.8, 4) is 0 Å². The van der Waals surface area contributed by atoms with Gasteiger partial charge in [0.1, 0.15) is 0 Å². The van der Waals surface area contributed by atoms with E-state index < -0.39 is 9.84 Å². The topological polar surface area (TPSA) is 66.8 Å². The van der Waals surface area contributed by atoms with Crippen LogP contribution < -0.4 is 0 Å². The van der Waals surface area contributed by atoms with E-state index in [-0.39, 0.29) is 28.7 Å². The summed E-state index contributed by atoms with van der Waals surface area (Å²) in [6.07, 6.45) is 1.19. The van der Waals surface area contributed by atoms with Gasteiger partial charge in [0, 0.05) is 18.2 Å². The van der Waals surface area contributed by atoms with Gasteiger partial charge in [-0.05, 0) is 18.9 Å². The van der Waals surface area contributed by atoms with E-state index in [4.69, 9.17) is 0 Å². The molecule has 2 heterocycles. The van der Waals surface area contributed by atoms with Crippen LogP contribution in [0.4, 0.5) is 0 Å². The maximum Gasteiger partial charge on any atom is 0.248 e. The number of carbonyl (C=O) groups is 1. The van der Waals surface area contributed by atoms with Crippen molar-refractivity contribution in [3.05, 3.63) is 35.4 Å². The van der Waals surface area contributed by atoms with E-state index in [2.05, 4.69) is 4.99 Å². The van der Waals surface area contributed by atoms with Crippen LogP contribution in [0.15, 0.2) is 29.3 Å². The lowest BCUT2D eigenvalue weighted by Crippen LogP contribution is -2.37. The second kappa shape index (κ2) is 6.88. The van der Waals surface area contributed by atoms with Gasteiger partial charge in [-0.1, -0.05) is 48.5 Å². The Hall–Kier alpha value is -1.34. The number of carbonyl (C=O) groups excluding carboxylic acids is 1. The number of fused-ring (bicyclic) bond motifs is 1. The Morgan fingerprint density at radius 3 is 2.67 bits per heavy atom. The number of thioether (sulfide) groups is 1. The Balaban J connectivity index is 1.86. The summed E-state index contributed by atoms with van der Waals surface area (Å²) in [5.41, 5.74) is 2.28. The van der Waals surface area contributed by atoms with E-state index in [0.29, 0.717) is 18.1 Å². The Morgan fingerprint density at radius 2 is 2.00 bits per heavy atom. The minimum Gasteiger partial charge on any atom is -0.342 e. The van der Waals surface area contributed by atoms with Crippen molar-refractivity contribution in [1.82, 2.24) is 4.90 Å². The fourth-order valence-electron chi connectivity index (χ4n) is 3.09. The van der Waals surface area contributed by atoms with Crippen molar-refractivity contribution in [2.75, 3.05) is 11.5 Å². The molecule has 0 saturated carbocycles. The molecule has 0 unspecified atom stereocenters. The minimum absolute atomic E-state index is 0.0198. The average molecular weight is 367 g/mol. The van der Waals surface area contributed by atoms with Gasteiger partial charge >= 0.3 is 0 Å². The molecule has 1 aromatic rings. The average Bonchev–Trinajstić information content (AvgIpc) is 2.95. The third-order valence-corrected chi connectivity index (χ3v) is 7.58. The highest BCUT2D eigenvalue weighted by Gasteiger charge is 2.48. The molecule has 24 heavy (non-hydrogen) atoms. The monoisotopic (exact) mass is 366 g/mol. The third kappa shape index (κ3) is 3.83. The molecule has 0 spiro atoms. The van der Waals surface area contributed by atoms with Crippen LogP contribution in [-0.4, -0.2) is 47.2 Å². The molecule has 2 atom stereocenters. The summed E-state index contributed by atoms with van der Waals surface area (Å²) in [7, 11) is -3.00. The number of nitrogens with zero attached hydrogens (tertiary/aromatic N) is 2. The smallest absolute Gasteiger partial charge is 0.248 e. The van der Waals surface area contributed by atoms with Gasteiger partial charge in [0.25, 0.3) is 0 Å². The Morgan fingerprint density at radius 1 is 1.29 bits per heavy atom. The standard InChI is InChI=1S/C17H22N2O3S2/c1-3-4-16(20)18-17-19(9-13-7-5-12(2)6-8-13)14-10-24(21,22)11-15(14)23-17/h5-8,14-15H,3-4,9-11H2,1-2H3/t14-,15+/m0/s1. The Bertz CT molecular complexity index is 757. The normalized spacial score (nSPS) is 26.8. The molecule has 0 bridgehead atoms. The van der Waals surface area contributed by atoms with Crippen molar-refractivity contribution in [2.45, 2.75) is 44.5 Å². The summed E-state index contributed by atoms with van der Waals surface area (Å²) < 4.78 is 23.9. The number of aliphatic imine (C=N–C) groups is 1. The summed E-state index contributed by atoms with van der Waals surface area (Å²) in [4.78, 5) is 18.2. The zero-order valence-corrected chi connectivity index (χ0v) is 15.6. The molecule has 130 valence electrons. The van der Waals surface area contributed by atoms with Crippen LogP contribution in [0.5, 0.6) is 0 Å². The fraction of sp³-hybridized carbons (Fsp3) is 0.529. The molecular formula is C17H22N2O3S2. The minimum atomic E-state index is -3.00. The zero-order chi connectivity index (χ0) is 17.3. The summed E-state index contributed by atoms with van der Waals surface area (Å²) in [6.45, 7) is 4.57. The molecule has 1 aromatic carbocycles. The van der Waals surface area contributed by atoms with E-state index in [1.54, 1.807) is 0 Å². The van der Waals surface area contributed by atoms with Crippen molar-refractivity contribution < 1.29 is 13.2 Å². The second-order valence-corrected chi connectivity index (χ2v) is 9.81. The molecular weight excluding hydrogens is 344 g/mol. The van der Waals surface area contributed by atoms with Crippen LogP contribution in [0.2, 0.25) is 0 Å². The van der Waals surface area contributed by atoms with Gasteiger partial charge in [0.15, 0.2) is 15.0 Å². The Kier molecular flexibility index (Phi) is 5.01. The van der Waals surface area contributed by atoms with Crippen LogP contribution in [-0.2, 0) is 21.2 Å². The van der Waals surface area contributed by atoms with E-state index >= 15 is 0 Å². The summed E-state index contributed by atoms with van der Waals surface area (Å²) in [5, 5.41) is 0.660. The molecule has 0 radical (unpaired) electrons. The highest BCUT2D eigenvalue weighted by atomic mass is 32.2. The summed E-state index contributed by atoms with van der Waals surface area (Å²) in [5.74, 6) is 0.197. The molecule has 7 heteroatoms. The van der Waals surface area contributed by atoms with Crippen LogP contribution in [0.3, 0.4) is 0 Å². The summed E-state index contributed by atoms with van der Waals surface area (Å²) in [6, 6.07) is 8.08. The highest BCUT2D eigenvalue weighted by Crippen LogP contribution is 2.39. The molecule has 2 fully saturated rings. The number of rotatable bonds is 4. The molecule has 2 aliphatic heterocycles. The van der Waals surface area contributed by atoms with E-state index in [0.717, 1.165) is 12.0 Å². The van der Waals surface area contributed by atoms with Crippen LogP contribution in [0, 0.1) is 6.92 Å². The number of hydrogen-bond donors (Lipinski definition) is 0. The lowest BCUT2D eigenvalue weighted by atomic mass is 10.1.